The van der Waals surface area contributed by atoms with Crippen LogP contribution in [-0.4, -0.2) is 240 Å². The van der Waals surface area contributed by atoms with Gasteiger partial charge in [0.15, 0.2) is 46.0 Å². The average molecular weight is 1240 g/mol. The molecule has 88 heavy (non-hydrogen) atoms. The first-order chi connectivity index (χ1) is 42.4. The van der Waals surface area contributed by atoms with Gasteiger partial charge in [0, 0.05) is 39.4 Å². The minimum atomic E-state index is 0.195. The van der Waals surface area contributed by atoms with Crippen LogP contribution in [0.3, 0.4) is 0 Å². The lowest BCUT2D eigenvalue weighted by molar-refractivity contribution is 0.0600. The van der Waals surface area contributed by atoms with Gasteiger partial charge in [0.2, 0.25) is 23.0 Å². The van der Waals surface area contributed by atoms with Crippen LogP contribution < -0.4 is 56.8 Å². The van der Waals surface area contributed by atoms with Crippen LogP contribution in [0.5, 0.6) is 69.0 Å². The Labute approximate surface area is 529 Å². The zero-order valence-corrected chi connectivity index (χ0v) is 57.4. The quantitative estimate of drug-likeness (QED) is 0.0385. The standard InChI is InChI=1S/2C34H56N2O8/c2*1-35(2)13-16-43-15-11-12-27(18-25-20-29(37-5)33(41-9)30(21-25)38-6)28(24-44-17-14-36(3)4)19-26-22-31(39-7)34(42-10)32(23-26)40-8/h2*20-23,27-28H,11-19,24H2,1-10H3/t2*27-,28+/m10/s1. The van der Waals surface area contributed by atoms with Crippen molar-refractivity contribution in [3.8, 4) is 69.0 Å². The summed E-state index contributed by atoms with van der Waals surface area (Å²) in [7, 11) is 36.1. The molecule has 0 fully saturated rings. The van der Waals surface area contributed by atoms with E-state index in [1.807, 2.05) is 48.5 Å². The number of likely N-dealkylation sites (N-methyl/N-ethyl adjacent to an activating group) is 4. The van der Waals surface area contributed by atoms with Gasteiger partial charge in [-0.25, -0.2) is 0 Å². The Kier molecular flexibility index (Phi) is 37.3. The Morgan fingerprint density at radius 1 is 0.261 bits per heavy atom. The summed E-state index contributed by atoms with van der Waals surface area (Å²) in [5.41, 5.74) is 4.41. The fourth-order valence-corrected chi connectivity index (χ4v) is 10.5. The van der Waals surface area contributed by atoms with E-state index in [9.17, 15) is 0 Å². The number of hydrogen-bond donors (Lipinski definition) is 0. The molecule has 0 amide bonds. The molecule has 0 spiro atoms. The van der Waals surface area contributed by atoms with Crippen molar-refractivity contribution in [1.82, 2.24) is 19.6 Å². The van der Waals surface area contributed by atoms with Gasteiger partial charge in [-0.3, -0.25) is 0 Å². The van der Waals surface area contributed by atoms with Crippen molar-refractivity contribution < 1.29 is 75.8 Å². The number of methoxy groups -OCH3 is 12. The highest BCUT2D eigenvalue weighted by molar-refractivity contribution is 5.56. The van der Waals surface area contributed by atoms with Gasteiger partial charge >= 0.3 is 0 Å². The first-order valence-electron chi connectivity index (χ1n) is 30.5. The molecule has 0 saturated heterocycles. The number of ether oxygens (including phenoxy) is 16. The molecule has 0 N–H and O–H groups in total. The smallest absolute Gasteiger partial charge is 0.203 e. The van der Waals surface area contributed by atoms with E-state index >= 15 is 0 Å². The van der Waals surface area contributed by atoms with Gasteiger partial charge in [-0.2, -0.15) is 0 Å². The fraction of sp³-hybridized carbons (Fsp3) is 0.647. The summed E-state index contributed by atoms with van der Waals surface area (Å²) in [5.74, 6) is 8.45. The Morgan fingerprint density at radius 2 is 0.466 bits per heavy atom. The number of benzene rings is 4. The molecule has 20 heteroatoms. The Hall–Kier alpha value is -5.84. The summed E-state index contributed by atoms with van der Waals surface area (Å²) < 4.78 is 92.3. The van der Waals surface area contributed by atoms with E-state index < -0.39 is 0 Å². The van der Waals surface area contributed by atoms with E-state index in [0.29, 0.717) is 122 Å². The predicted molar refractivity (Wildman–Crippen MR) is 349 cm³/mol. The lowest BCUT2D eigenvalue weighted by Crippen LogP contribution is -2.27. The van der Waals surface area contributed by atoms with Gasteiger partial charge in [0.05, 0.1) is 125 Å². The van der Waals surface area contributed by atoms with Crippen LogP contribution in [0.4, 0.5) is 0 Å². The monoisotopic (exact) mass is 1240 g/mol. The predicted octanol–water partition coefficient (Wildman–Crippen LogP) is 9.38. The van der Waals surface area contributed by atoms with Gasteiger partial charge in [-0.15, -0.1) is 0 Å². The highest BCUT2D eigenvalue weighted by Crippen LogP contribution is 2.44. The first kappa shape index (κ1) is 76.4. The Bertz CT molecular complexity index is 2260. The minimum absolute atomic E-state index is 0.195. The molecular weight excluding hydrogens is 1130 g/mol. The molecule has 0 aliphatic carbocycles. The SMILES string of the molecule is COc1cc(C[C@@H](CCCOCCN(C)C)[C@H](COCCN(C)C)Cc2cc(OC)c(OC)c(OC)c2)cc(OC)c1OC.COc1cc(C[C@H](CCCOCCN(C)C)[C@@H](COCCN(C)C)Cc2cc(OC)c(OC)c(OC)c2)cc(OC)c1OC. The van der Waals surface area contributed by atoms with E-state index in [-0.39, 0.29) is 23.7 Å². The van der Waals surface area contributed by atoms with Crippen molar-refractivity contribution >= 4 is 0 Å². The van der Waals surface area contributed by atoms with Crippen molar-refractivity contribution in [2.45, 2.75) is 51.4 Å². The first-order valence-corrected chi connectivity index (χ1v) is 30.5. The maximum Gasteiger partial charge on any atom is 0.203 e. The van der Waals surface area contributed by atoms with Gasteiger partial charge < -0.3 is 95.4 Å². The summed E-state index contributed by atoms with van der Waals surface area (Å²) in [6, 6.07) is 16.3. The number of nitrogens with zero attached hydrogens (tertiary/aromatic N) is 4. The molecule has 0 aliphatic heterocycles. The third-order valence-corrected chi connectivity index (χ3v) is 15.3. The van der Waals surface area contributed by atoms with Crippen LogP contribution in [-0.2, 0) is 44.6 Å². The minimum Gasteiger partial charge on any atom is -0.493 e. The molecule has 4 rings (SSSR count). The van der Waals surface area contributed by atoms with E-state index in [4.69, 9.17) is 75.8 Å². The molecule has 0 unspecified atom stereocenters. The molecule has 0 radical (unpaired) electrons. The van der Waals surface area contributed by atoms with Crippen molar-refractivity contribution in [3.63, 3.8) is 0 Å². The highest BCUT2D eigenvalue weighted by Gasteiger charge is 2.28. The molecule has 0 aliphatic rings. The summed E-state index contributed by atoms with van der Waals surface area (Å²) in [6.07, 6.45) is 6.96. The second kappa shape index (κ2) is 43.0. The third kappa shape index (κ3) is 26.3. The molecule has 4 atom stereocenters. The van der Waals surface area contributed by atoms with Gasteiger partial charge in [-0.1, -0.05) is 0 Å². The summed E-state index contributed by atoms with van der Waals surface area (Å²) in [5, 5.41) is 0. The maximum atomic E-state index is 6.32. The van der Waals surface area contributed by atoms with E-state index in [1.165, 1.54) is 0 Å². The molecule has 0 heterocycles. The van der Waals surface area contributed by atoms with E-state index in [2.05, 4.69) is 76.0 Å². The molecule has 4 aromatic rings. The molecule has 0 saturated carbocycles. The number of rotatable bonds is 46. The molecular formula is C68H112N4O16. The van der Waals surface area contributed by atoms with Crippen LogP contribution in [0.1, 0.15) is 47.9 Å². The van der Waals surface area contributed by atoms with Crippen LogP contribution in [0.15, 0.2) is 48.5 Å². The second-order valence-corrected chi connectivity index (χ2v) is 22.9. The Balaban J connectivity index is 0.000000460. The number of hydrogen-bond acceptors (Lipinski definition) is 20. The van der Waals surface area contributed by atoms with Gasteiger partial charge in [-0.05, 0) is 202 Å². The van der Waals surface area contributed by atoms with Crippen molar-refractivity contribution in [3.05, 3.63) is 70.8 Å². The van der Waals surface area contributed by atoms with Gasteiger partial charge in [0.25, 0.3) is 0 Å². The van der Waals surface area contributed by atoms with Crippen molar-refractivity contribution in [2.24, 2.45) is 23.7 Å². The molecule has 4 aromatic carbocycles. The molecule has 500 valence electrons. The molecule has 0 aromatic heterocycles. The average Bonchev–Trinajstić information content (AvgIpc) is 3.72. The van der Waals surface area contributed by atoms with Gasteiger partial charge in [0.1, 0.15) is 0 Å². The fourth-order valence-electron chi connectivity index (χ4n) is 10.5. The van der Waals surface area contributed by atoms with Crippen LogP contribution in [0, 0.1) is 23.7 Å². The Morgan fingerprint density at radius 3 is 0.659 bits per heavy atom. The highest BCUT2D eigenvalue weighted by atomic mass is 16.6. The van der Waals surface area contributed by atoms with Crippen LogP contribution in [0.2, 0.25) is 0 Å². The van der Waals surface area contributed by atoms with Crippen molar-refractivity contribution in [1.29, 1.82) is 0 Å². The zero-order valence-electron chi connectivity index (χ0n) is 57.4. The van der Waals surface area contributed by atoms with Crippen molar-refractivity contribution in [2.75, 3.05) is 221 Å². The molecule has 0 bridgehead atoms. The summed E-state index contributed by atoms with van der Waals surface area (Å²) in [6.45, 7) is 8.89. The third-order valence-electron chi connectivity index (χ3n) is 15.3. The lowest BCUT2D eigenvalue weighted by atomic mass is 9.80. The lowest BCUT2D eigenvalue weighted by Gasteiger charge is -2.29. The molecule has 20 nitrogen and oxygen atoms in total. The van der Waals surface area contributed by atoms with Crippen LogP contribution in [0.25, 0.3) is 0 Å². The largest absolute Gasteiger partial charge is 0.493 e. The summed E-state index contributed by atoms with van der Waals surface area (Å²) >= 11 is 0. The zero-order chi connectivity index (χ0) is 65.0. The second-order valence-electron chi connectivity index (χ2n) is 22.9. The maximum absolute atomic E-state index is 6.32. The van der Waals surface area contributed by atoms with E-state index in [1.54, 1.807) is 85.3 Å². The van der Waals surface area contributed by atoms with E-state index in [0.717, 1.165) is 99.8 Å². The normalized spacial score (nSPS) is 12.7. The topological polar surface area (TPSA) is 161 Å². The van der Waals surface area contributed by atoms with Crippen LogP contribution >= 0.6 is 0 Å². The summed E-state index contributed by atoms with van der Waals surface area (Å²) in [4.78, 5) is 8.52.